The summed E-state index contributed by atoms with van der Waals surface area (Å²) < 4.78 is 5.31. The zero-order valence-electron chi connectivity index (χ0n) is 8.19. The second-order valence-corrected chi connectivity index (χ2v) is 3.49. The number of nitrogens with one attached hydrogen (secondary N) is 2. The van der Waals surface area contributed by atoms with E-state index in [1.165, 1.54) is 0 Å². The standard InChI is InChI=1S/C8H17N3O3/c1-5(9)4-14-8-10-3-2-6(11-8)7(12)13/h5-6,8,10-11H,2-4,9H2,1H3,(H,12,13). The van der Waals surface area contributed by atoms with Gasteiger partial charge in [-0.15, -0.1) is 0 Å². The molecule has 6 nitrogen and oxygen atoms in total. The first kappa shape index (κ1) is 11.4. The fraction of sp³-hybridized carbons (Fsp3) is 0.875. The van der Waals surface area contributed by atoms with Gasteiger partial charge in [0, 0.05) is 12.6 Å². The minimum Gasteiger partial charge on any atom is -0.480 e. The van der Waals surface area contributed by atoms with Crippen LogP contribution in [0.3, 0.4) is 0 Å². The summed E-state index contributed by atoms with van der Waals surface area (Å²) >= 11 is 0. The van der Waals surface area contributed by atoms with Crippen molar-refractivity contribution in [3.63, 3.8) is 0 Å². The largest absolute Gasteiger partial charge is 0.480 e. The normalized spacial score (nSPS) is 29.9. The van der Waals surface area contributed by atoms with Crippen molar-refractivity contribution in [2.75, 3.05) is 13.2 Å². The number of aliphatic carboxylic acids is 1. The van der Waals surface area contributed by atoms with Crippen LogP contribution in [-0.2, 0) is 9.53 Å². The molecule has 0 aliphatic carbocycles. The Morgan fingerprint density at radius 2 is 2.50 bits per heavy atom. The molecule has 0 radical (unpaired) electrons. The number of hydrogen-bond acceptors (Lipinski definition) is 5. The number of ether oxygens (including phenoxy) is 1. The van der Waals surface area contributed by atoms with Gasteiger partial charge in [0.2, 0.25) is 0 Å². The number of carboxylic acids is 1. The highest BCUT2D eigenvalue weighted by Gasteiger charge is 2.25. The van der Waals surface area contributed by atoms with E-state index in [9.17, 15) is 4.79 Å². The first-order valence-electron chi connectivity index (χ1n) is 4.69. The molecule has 5 N–H and O–H groups in total. The molecule has 1 aliphatic heterocycles. The van der Waals surface area contributed by atoms with E-state index < -0.39 is 18.4 Å². The summed E-state index contributed by atoms with van der Waals surface area (Å²) in [5.41, 5.74) is 5.51. The van der Waals surface area contributed by atoms with Crippen molar-refractivity contribution in [2.24, 2.45) is 5.73 Å². The van der Waals surface area contributed by atoms with E-state index in [1.807, 2.05) is 6.92 Å². The van der Waals surface area contributed by atoms with Crippen LogP contribution < -0.4 is 16.4 Å². The zero-order valence-corrected chi connectivity index (χ0v) is 8.19. The Labute approximate surface area is 82.8 Å². The van der Waals surface area contributed by atoms with Crippen LogP contribution in [0.2, 0.25) is 0 Å². The summed E-state index contributed by atoms with van der Waals surface area (Å²) in [5, 5.41) is 14.6. The van der Waals surface area contributed by atoms with Gasteiger partial charge in [-0.3, -0.25) is 15.4 Å². The van der Waals surface area contributed by atoms with Crippen molar-refractivity contribution < 1.29 is 14.6 Å². The molecular formula is C8H17N3O3. The predicted octanol–water partition coefficient (Wildman–Crippen LogP) is -1.33. The van der Waals surface area contributed by atoms with E-state index in [0.717, 1.165) is 0 Å². The Morgan fingerprint density at radius 3 is 3.07 bits per heavy atom. The lowest BCUT2D eigenvalue weighted by molar-refractivity contribution is -0.143. The molecule has 1 rings (SSSR count). The molecule has 0 aromatic carbocycles. The molecule has 3 unspecified atom stereocenters. The van der Waals surface area contributed by atoms with E-state index in [0.29, 0.717) is 19.6 Å². The fourth-order valence-electron chi connectivity index (χ4n) is 1.23. The quantitative estimate of drug-likeness (QED) is 0.452. The van der Waals surface area contributed by atoms with Crippen LogP contribution in [0.5, 0.6) is 0 Å². The molecule has 0 amide bonds. The van der Waals surface area contributed by atoms with Crippen LogP contribution in [0.25, 0.3) is 0 Å². The van der Waals surface area contributed by atoms with Gasteiger partial charge in [0.25, 0.3) is 0 Å². The third-order valence-electron chi connectivity index (χ3n) is 1.94. The lowest BCUT2D eigenvalue weighted by Crippen LogP contribution is -2.58. The van der Waals surface area contributed by atoms with Gasteiger partial charge in [0.1, 0.15) is 6.04 Å². The smallest absolute Gasteiger partial charge is 0.320 e. The SMILES string of the molecule is CC(N)COC1NCCC(C(=O)O)N1. The Morgan fingerprint density at radius 1 is 1.79 bits per heavy atom. The molecule has 1 heterocycles. The maximum Gasteiger partial charge on any atom is 0.320 e. The maximum absolute atomic E-state index is 10.7. The molecule has 0 aromatic heterocycles. The summed E-state index contributed by atoms with van der Waals surface area (Å²) in [6.45, 7) is 2.86. The molecule has 14 heavy (non-hydrogen) atoms. The molecule has 6 heteroatoms. The van der Waals surface area contributed by atoms with E-state index in [-0.39, 0.29) is 6.04 Å². The van der Waals surface area contributed by atoms with Crippen LogP contribution in [-0.4, -0.2) is 42.7 Å². The molecule has 1 saturated heterocycles. The monoisotopic (exact) mass is 203 g/mol. The van der Waals surface area contributed by atoms with Crippen molar-refractivity contribution in [1.29, 1.82) is 0 Å². The third kappa shape index (κ3) is 3.59. The highest BCUT2D eigenvalue weighted by atomic mass is 16.5. The summed E-state index contributed by atoms with van der Waals surface area (Å²) in [4.78, 5) is 10.7. The summed E-state index contributed by atoms with van der Waals surface area (Å²) in [5.74, 6) is -0.846. The maximum atomic E-state index is 10.7. The van der Waals surface area contributed by atoms with E-state index in [1.54, 1.807) is 0 Å². The fourth-order valence-corrected chi connectivity index (χ4v) is 1.23. The van der Waals surface area contributed by atoms with Gasteiger partial charge in [0.15, 0.2) is 6.35 Å². The number of carboxylic acid groups (broad SMARTS) is 1. The van der Waals surface area contributed by atoms with Gasteiger partial charge >= 0.3 is 5.97 Å². The van der Waals surface area contributed by atoms with Gasteiger partial charge in [0.05, 0.1) is 6.61 Å². The number of nitrogens with two attached hydrogens (primary N) is 1. The van der Waals surface area contributed by atoms with Gasteiger partial charge in [-0.2, -0.15) is 0 Å². The van der Waals surface area contributed by atoms with Crippen LogP contribution >= 0.6 is 0 Å². The van der Waals surface area contributed by atoms with Crippen molar-refractivity contribution in [2.45, 2.75) is 31.8 Å². The highest BCUT2D eigenvalue weighted by molar-refractivity contribution is 5.73. The Hall–Kier alpha value is -0.690. The van der Waals surface area contributed by atoms with Gasteiger partial charge in [-0.1, -0.05) is 0 Å². The Kier molecular flexibility index (Phi) is 4.27. The van der Waals surface area contributed by atoms with E-state index >= 15 is 0 Å². The second kappa shape index (κ2) is 5.26. The molecular weight excluding hydrogens is 186 g/mol. The predicted molar refractivity (Wildman–Crippen MR) is 50.6 cm³/mol. The molecule has 0 spiro atoms. The van der Waals surface area contributed by atoms with Gasteiger partial charge < -0.3 is 15.6 Å². The summed E-state index contributed by atoms with van der Waals surface area (Å²) in [6.07, 6.45) is 0.156. The summed E-state index contributed by atoms with van der Waals surface area (Å²) in [7, 11) is 0. The third-order valence-corrected chi connectivity index (χ3v) is 1.94. The summed E-state index contributed by atoms with van der Waals surface area (Å²) in [6, 6.07) is -0.585. The molecule has 1 fully saturated rings. The van der Waals surface area contributed by atoms with E-state index in [2.05, 4.69) is 10.6 Å². The van der Waals surface area contributed by atoms with Crippen molar-refractivity contribution in [1.82, 2.24) is 10.6 Å². The molecule has 3 atom stereocenters. The van der Waals surface area contributed by atoms with Gasteiger partial charge in [-0.25, -0.2) is 0 Å². The molecule has 82 valence electrons. The molecule has 1 aliphatic rings. The average Bonchev–Trinajstić information content (AvgIpc) is 2.15. The minimum absolute atomic E-state index is 0.0520. The minimum atomic E-state index is -0.846. The molecule has 0 aromatic rings. The highest BCUT2D eigenvalue weighted by Crippen LogP contribution is 2.00. The molecule has 0 bridgehead atoms. The lowest BCUT2D eigenvalue weighted by Gasteiger charge is -2.29. The van der Waals surface area contributed by atoms with Crippen LogP contribution in [0.15, 0.2) is 0 Å². The second-order valence-electron chi connectivity index (χ2n) is 3.49. The Balaban J connectivity index is 2.29. The molecule has 0 saturated carbocycles. The first-order chi connectivity index (χ1) is 6.59. The Bertz CT molecular complexity index is 198. The number of rotatable bonds is 4. The van der Waals surface area contributed by atoms with Crippen LogP contribution in [0.1, 0.15) is 13.3 Å². The first-order valence-corrected chi connectivity index (χ1v) is 4.69. The van der Waals surface area contributed by atoms with Gasteiger partial charge in [-0.05, 0) is 13.3 Å². The van der Waals surface area contributed by atoms with Crippen LogP contribution in [0, 0.1) is 0 Å². The topological polar surface area (TPSA) is 96.6 Å². The van der Waals surface area contributed by atoms with E-state index in [4.69, 9.17) is 15.6 Å². The van der Waals surface area contributed by atoms with Crippen LogP contribution in [0.4, 0.5) is 0 Å². The average molecular weight is 203 g/mol. The zero-order chi connectivity index (χ0) is 10.6. The lowest BCUT2D eigenvalue weighted by atomic mass is 10.2. The number of hydrogen-bond donors (Lipinski definition) is 4. The van der Waals surface area contributed by atoms with Crippen molar-refractivity contribution >= 4 is 5.97 Å². The van der Waals surface area contributed by atoms with Crippen molar-refractivity contribution in [3.05, 3.63) is 0 Å². The number of carbonyl (C=O) groups is 1. The van der Waals surface area contributed by atoms with Crippen molar-refractivity contribution in [3.8, 4) is 0 Å².